The number of allylic oxidation sites excluding steroid dienone is 1. The molecular formula is C14H20N4O2. The van der Waals surface area contributed by atoms with Gasteiger partial charge in [-0.1, -0.05) is 13.0 Å². The van der Waals surface area contributed by atoms with Gasteiger partial charge in [0.2, 0.25) is 0 Å². The number of carboxylic acids is 1. The smallest absolute Gasteiger partial charge is 0.306 e. The minimum atomic E-state index is -0.719. The zero-order valence-electron chi connectivity index (χ0n) is 11.6. The third-order valence-corrected chi connectivity index (χ3v) is 3.47. The number of carboxylic acid groups (broad SMARTS) is 1. The maximum Gasteiger partial charge on any atom is 0.306 e. The first-order valence-electron chi connectivity index (χ1n) is 6.88. The van der Waals surface area contributed by atoms with Crippen molar-refractivity contribution in [1.29, 1.82) is 0 Å². The molecule has 0 aliphatic carbocycles. The summed E-state index contributed by atoms with van der Waals surface area (Å²) >= 11 is 0. The number of hydrogen-bond acceptors (Lipinski definition) is 5. The number of piperidine rings is 1. The number of nitrogen functional groups attached to an aromatic ring is 1. The molecule has 1 aromatic rings. The number of anilines is 2. The van der Waals surface area contributed by atoms with Gasteiger partial charge in [0.1, 0.15) is 0 Å². The standard InChI is InChI=1S/C14H20N4O2/c1-2-3-4-11-9-16-12(15)13(17-11)18-7-5-10(6-8-18)14(19)20/h3-4,9-10H,2,5-8H2,1H3,(H2,15,16)(H,19,20)/b4-3+. The van der Waals surface area contributed by atoms with E-state index in [2.05, 4.69) is 16.9 Å². The Hall–Kier alpha value is -2.11. The van der Waals surface area contributed by atoms with E-state index in [1.807, 2.05) is 17.1 Å². The van der Waals surface area contributed by atoms with Crippen molar-refractivity contribution in [1.82, 2.24) is 9.97 Å². The summed E-state index contributed by atoms with van der Waals surface area (Å²) in [6.45, 7) is 3.35. The number of aromatic nitrogens is 2. The van der Waals surface area contributed by atoms with Crippen LogP contribution in [0.5, 0.6) is 0 Å². The summed E-state index contributed by atoms with van der Waals surface area (Å²) in [4.78, 5) is 21.7. The lowest BCUT2D eigenvalue weighted by Crippen LogP contribution is -2.37. The summed E-state index contributed by atoms with van der Waals surface area (Å²) < 4.78 is 0. The molecule has 1 fully saturated rings. The molecule has 2 heterocycles. The molecule has 1 aliphatic heterocycles. The van der Waals surface area contributed by atoms with Crippen molar-refractivity contribution in [2.75, 3.05) is 23.7 Å². The second kappa shape index (κ2) is 6.36. The Morgan fingerprint density at radius 2 is 2.25 bits per heavy atom. The fourth-order valence-electron chi connectivity index (χ4n) is 2.29. The van der Waals surface area contributed by atoms with Gasteiger partial charge in [-0.15, -0.1) is 0 Å². The van der Waals surface area contributed by atoms with Gasteiger partial charge in [-0.3, -0.25) is 4.79 Å². The van der Waals surface area contributed by atoms with E-state index in [1.54, 1.807) is 6.20 Å². The Morgan fingerprint density at radius 1 is 1.55 bits per heavy atom. The first kappa shape index (κ1) is 14.3. The average molecular weight is 276 g/mol. The van der Waals surface area contributed by atoms with Gasteiger partial charge < -0.3 is 15.7 Å². The molecule has 6 nitrogen and oxygen atoms in total. The van der Waals surface area contributed by atoms with E-state index >= 15 is 0 Å². The SMILES string of the molecule is CC/C=C/c1cnc(N)c(N2CCC(C(=O)O)CC2)n1. The number of carbonyl (C=O) groups is 1. The van der Waals surface area contributed by atoms with Gasteiger partial charge in [0, 0.05) is 13.1 Å². The van der Waals surface area contributed by atoms with E-state index in [1.165, 1.54) is 0 Å². The summed E-state index contributed by atoms with van der Waals surface area (Å²) in [5.74, 6) is 0.0754. The summed E-state index contributed by atoms with van der Waals surface area (Å²) in [5, 5.41) is 9.01. The molecule has 20 heavy (non-hydrogen) atoms. The fourth-order valence-corrected chi connectivity index (χ4v) is 2.29. The Bertz CT molecular complexity index is 508. The quantitative estimate of drug-likeness (QED) is 0.871. The molecule has 0 radical (unpaired) electrons. The number of rotatable bonds is 4. The molecule has 1 aromatic heterocycles. The highest BCUT2D eigenvalue weighted by Gasteiger charge is 2.26. The number of nitrogens with two attached hydrogens (primary N) is 1. The van der Waals surface area contributed by atoms with Crippen LogP contribution >= 0.6 is 0 Å². The second-order valence-electron chi connectivity index (χ2n) is 4.91. The van der Waals surface area contributed by atoms with Crippen molar-refractivity contribution in [3.63, 3.8) is 0 Å². The predicted molar refractivity (Wildman–Crippen MR) is 78.3 cm³/mol. The number of nitrogens with zero attached hydrogens (tertiary/aromatic N) is 3. The summed E-state index contributed by atoms with van der Waals surface area (Å²) in [7, 11) is 0. The van der Waals surface area contributed by atoms with Crippen LogP contribution in [-0.4, -0.2) is 34.1 Å². The highest BCUT2D eigenvalue weighted by atomic mass is 16.4. The van der Waals surface area contributed by atoms with E-state index in [0.29, 0.717) is 37.6 Å². The van der Waals surface area contributed by atoms with E-state index in [-0.39, 0.29) is 5.92 Å². The zero-order valence-corrected chi connectivity index (χ0v) is 11.6. The van der Waals surface area contributed by atoms with Gasteiger partial charge in [0.25, 0.3) is 0 Å². The Labute approximate surface area is 118 Å². The highest BCUT2D eigenvalue weighted by Crippen LogP contribution is 2.25. The lowest BCUT2D eigenvalue weighted by atomic mass is 9.97. The summed E-state index contributed by atoms with van der Waals surface area (Å²) in [6, 6.07) is 0. The predicted octanol–water partition coefficient (Wildman–Crippen LogP) is 1.78. The maximum atomic E-state index is 11.0. The van der Waals surface area contributed by atoms with Crippen LogP contribution in [-0.2, 0) is 4.79 Å². The van der Waals surface area contributed by atoms with Crippen LogP contribution in [0.4, 0.5) is 11.6 Å². The molecule has 3 N–H and O–H groups in total. The van der Waals surface area contributed by atoms with Crippen molar-refractivity contribution in [2.45, 2.75) is 26.2 Å². The monoisotopic (exact) mass is 276 g/mol. The molecule has 2 rings (SSSR count). The largest absolute Gasteiger partial charge is 0.481 e. The highest BCUT2D eigenvalue weighted by molar-refractivity contribution is 5.70. The maximum absolute atomic E-state index is 11.0. The van der Waals surface area contributed by atoms with Crippen LogP contribution in [0, 0.1) is 5.92 Å². The Balaban J connectivity index is 2.12. The minimum absolute atomic E-state index is 0.261. The van der Waals surface area contributed by atoms with Crippen molar-refractivity contribution < 1.29 is 9.90 Å². The van der Waals surface area contributed by atoms with Crippen LogP contribution in [0.25, 0.3) is 6.08 Å². The van der Waals surface area contributed by atoms with Gasteiger partial charge in [0.05, 0.1) is 17.8 Å². The molecule has 0 aromatic carbocycles. The zero-order chi connectivity index (χ0) is 14.5. The molecule has 6 heteroatoms. The Kier molecular flexibility index (Phi) is 4.55. The van der Waals surface area contributed by atoms with Gasteiger partial charge in [-0.05, 0) is 25.3 Å². The first-order chi connectivity index (χ1) is 9.61. The van der Waals surface area contributed by atoms with Crippen LogP contribution in [0.3, 0.4) is 0 Å². The fraction of sp³-hybridized carbons (Fsp3) is 0.500. The van der Waals surface area contributed by atoms with E-state index in [4.69, 9.17) is 10.8 Å². The molecule has 0 unspecified atom stereocenters. The molecule has 0 amide bonds. The van der Waals surface area contributed by atoms with Crippen LogP contribution in [0.15, 0.2) is 12.3 Å². The second-order valence-corrected chi connectivity index (χ2v) is 4.91. The molecule has 1 saturated heterocycles. The lowest BCUT2D eigenvalue weighted by Gasteiger charge is -2.31. The van der Waals surface area contributed by atoms with Crippen molar-refractivity contribution >= 4 is 23.7 Å². The third-order valence-electron chi connectivity index (χ3n) is 3.47. The number of hydrogen-bond donors (Lipinski definition) is 2. The third kappa shape index (κ3) is 3.26. The van der Waals surface area contributed by atoms with Gasteiger partial charge in [-0.2, -0.15) is 0 Å². The molecule has 0 saturated carbocycles. The van der Waals surface area contributed by atoms with Gasteiger partial charge >= 0.3 is 5.97 Å². The van der Waals surface area contributed by atoms with Gasteiger partial charge in [0.15, 0.2) is 11.6 Å². The molecule has 1 aliphatic rings. The van der Waals surface area contributed by atoms with Gasteiger partial charge in [-0.25, -0.2) is 9.97 Å². The minimum Gasteiger partial charge on any atom is -0.481 e. The van der Waals surface area contributed by atoms with E-state index < -0.39 is 5.97 Å². The molecule has 0 atom stereocenters. The average Bonchev–Trinajstić information content (AvgIpc) is 2.46. The van der Waals surface area contributed by atoms with Crippen LogP contribution in [0.1, 0.15) is 31.9 Å². The van der Waals surface area contributed by atoms with Crippen LogP contribution < -0.4 is 10.6 Å². The van der Waals surface area contributed by atoms with Crippen molar-refractivity contribution in [3.05, 3.63) is 18.0 Å². The lowest BCUT2D eigenvalue weighted by molar-refractivity contribution is -0.142. The van der Waals surface area contributed by atoms with Crippen molar-refractivity contribution in [3.8, 4) is 0 Å². The topological polar surface area (TPSA) is 92.3 Å². The molecular weight excluding hydrogens is 256 g/mol. The van der Waals surface area contributed by atoms with E-state index in [0.717, 1.165) is 12.1 Å². The molecule has 108 valence electrons. The summed E-state index contributed by atoms with van der Waals surface area (Å²) in [6.07, 6.45) is 7.75. The first-order valence-corrected chi connectivity index (χ1v) is 6.88. The molecule has 0 bridgehead atoms. The molecule has 0 spiro atoms. The normalized spacial score (nSPS) is 16.8. The summed E-state index contributed by atoms with van der Waals surface area (Å²) in [5.41, 5.74) is 6.66. The number of aliphatic carboxylic acids is 1. The van der Waals surface area contributed by atoms with Crippen LogP contribution in [0.2, 0.25) is 0 Å². The Morgan fingerprint density at radius 3 is 2.85 bits per heavy atom. The van der Waals surface area contributed by atoms with Crippen molar-refractivity contribution in [2.24, 2.45) is 5.92 Å². The van der Waals surface area contributed by atoms with E-state index in [9.17, 15) is 4.79 Å².